The van der Waals surface area contributed by atoms with Gasteiger partial charge in [-0.1, -0.05) is 18.5 Å². The fourth-order valence-electron chi connectivity index (χ4n) is 0.882. The Hall–Kier alpha value is -0.600. The molecule has 0 unspecified atom stereocenters. The topological polar surface area (TPSA) is 38.9 Å². The van der Waals surface area contributed by atoms with Gasteiger partial charge in [0.1, 0.15) is 0 Å². The third kappa shape index (κ3) is 1.91. The minimum atomic E-state index is 0.0104. The molecule has 0 saturated heterocycles. The van der Waals surface area contributed by atoms with E-state index in [2.05, 4.69) is 4.98 Å². The average molecular weight is 171 g/mol. The quantitative estimate of drug-likeness (QED) is 0.739. The normalized spacial score (nSPS) is 13.0. The van der Waals surface area contributed by atoms with Crippen LogP contribution >= 0.6 is 11.6 Å². The second kappa shape index (κ2) is 3.69. The van der Waals surface area contributed by atoms with E-state index in [1.54, 1.807) is 18.5 Å². The summed E-state index contributed by atoms with van der Waals surface area (Å²) in [5.74, 6) is 0. The highest BCUT2D eigenvalue weighted by Crippen LogP contribution is 2.21. The minimum absolute atomic E-state index is 0.0104. The maximum atomic E-state index is 5.88. The molecule has 0 bridgehead atoms. The molecule has 0 radical (unpaired) electrons. The van der Waals surface area contributed by atoms with Gasteiger partial charge in [-0.15, -0.1) is 0 Å². The first kappa shape index (κ1) is 8.50. The Morgan fingerprint density at radius 1 is 1.73 bits per heavy atom. The van der Waals surface area contributed by atoms with Crippen LogP contribution in [0.1, 0.15) is 24.9 Å². The van der Waals surface area contributed by atoms with Crippen molar-refractivity contribution in [3.63, 3.8) is 0 Å². The Morgan fingerprint density at radius 2 is 2.45 bits per heavy atom. The first-order valence-corrected chi connectivity index (χ1v) is 3.98. The van der Waals surface area contributed by atoms with Gasteiger partial charge in [0.15, 0.2) is 0 Å². The lowest BCUT2D eigenvalue weighted by Gasteiger charge is -2.09. The number of nitrogens with two attached hydrogens (primary N) is 1. The Balaban J connectivity index is 2.93. The molecule has 60 valence electrons. The molecular formula is C8H11ClN2. The summed E-state index contributed by atoms with van der Waals surface area (Å²) in [6.45, 7) is 2.02. The van der Waals surface area contributed by atoms with E-state index in [9.17, 15) is 0 Å². The Kier molecular flexibility index (Phi) is 2.85. The van der Waals surface area contributed by atoms with Gasteiger partial charge in [-0.05, 0) is 12.5 Å². The number of pyridine rings is 1. The molecule has 1 rings (SSSR count). The number of aromatic nitrogens is 1. The molecule has 2 nitrogen and oxygen atoms in total. The van der Waals surface area contributed by atoms with Crippen LogP contribution in [0.3, 0.4) is 0 Å². The molecule has 11 heavy (non-hydrogen) atoms. The van der Waals surface area contributed by atoms with E-state index in [1.807, 2.05) is 6.92 Å². The molecule has 2 N–H and O–H groups in total. The van der Waals surface area contributed by atoms with Gasteiger partial charge in [-0.2, -0.15) is 0 Å². The van der Waals surface area contributed by atoms with E-state index >= 15 is 0 Å². The number of rotatable bonds is 2. The Morgan fingerprint density at radius 3 is 3.00 bits per heavy atom. The van der Waals surface area contributed by atoms with Crippen LogP contribution in [0.5, 0.6) is 0 Å². The maximum Gasteiger partial charge on any atom is 0.0484 e. The van der Waals surface area contributed by atoms with Crippen LogP contribution in [0.4, 0.5) is 0 Å². The van der Waals surface area contributed by atoms with E-state index in [-0.39, 0.29) is 6.04 Å². The molecule has 0 saturated carbocycles. The molecule has 1 heterocycles. The van der Waals surface area contributed by atoms with Crippen LogP contribution in [0.15, 0.2) is 18.5 Å². The molecule has 1 aromatic heterocycles. The average Bonchev–Trinajstić information content (AvgIpc) is 2.04. The summed E-state index contributed by atoms with van der Waals surface area (Å²) in [6.07, 6.45) is 4.26. The van der Waals surface area contributed by atoms with Crippen molar-refractivity contribution in [2.24, 2.45) is 5.73 Å². The van der Waals surface area contributed by atoms with Crippen molar-refractivity contribution in [2.45, 2.75) is 19.4 Å². The molecule has 0 amide bonds. The zero-order valence-corrected chi connectivity index (χ0v) is 7.17. The lowest BCUT2D eigenvalue weighted by molar-refractivity contribution is 0.695. The monoisotopic (exact) mass is 170 g/mol. The van der Waals surface area contributed by atoms with E-state index in [1.165, 1.54) is 0 Å². The minimum Gasteiger partial charge on any atom is -0.324 e. The second-order valence-electron chi connectivity index (χ2n) is 2.41. The van der Waals surface area contributed by atoms with E-state index in [0.29, 0.717) is 5.02 Å². The van der Waals surface area contributed by atoms with E-state index in [0.717, 1.165) is 12.0 Å². The van der Waals surface area contributed by atoms with E-state index in [4.69, 9.17) is 17.3 Å². The second-order valence-corrected chi connectivity index (χ2v) is 2.82. The largest absolute Gasteiger partial charge is 0.324 e. The van der Waals surface area contributed by atoms with Crippen molar-refractivity contribution < 1.29 is 0 Å². The SMILES string of the molecule is CC[C@@H](N)c1cnccc1Cl. The van der Waals surface area contributed by atoms with Crippen molar-refractivity contribution in [2.75, 3.05) is 0 Å². The van der Waals surface area contributed by atoms with Crippen molar-refractivity contribution in [3.05, 3.63) is 29.0 Å². The number of halogens is 1. The highest BCUT2D eigenvalue weighted by molar-refractivity contribution is 6.31. The van der Waals surface area contributed by atoms with Gasteiger partial charge in [-0.3, -0.25) is 4.98 Å². The zero-order chi connectivity index (χ0) is 8.27. The first-order valence-electron chi connectivity index (χ1n) is 3.60. The van der Waals surface area contributed by atoms with Crippen LogP contribution in [-0.2, 0) is 0 Å². The number of nitrogens with zero attached hydrogens (tertiary/aromatic N) is 1. The smallest absolute Gasteiger partial charge is 0.0484 e. The van der Waals surface area contributed by atoms with Crippen LogP contribution in [-0.4, -0.2) is 4.98 Å². The summed E-state index contributed by atoms with van der Waals surface area (Å²) in [6, 6.07) is 1.77. The molecule has 0 aliphatic rings. The summed E-state index contributed by atoms with van der Waals surface area (Å²) in [5.41, 5.74) is 6.70. The predicted molar refractivity (Wildman–Crippen MR) is 46.5 cm³/mol. The summed E-state index contributed by atoms with van der Waals surface area (Å²) in [7, 11) is 0. The lowest BCUT2D eigenvalue weighted by Crippen LogP contribution is -2.09. The molecular weight excluding hydrogens is 160 g/mol. The van der Waals surface area contributed by atoms with Crippen LogP contribution in [0.25, 0.3) is 0 Å². The Bertz CT molecular complexity index is 237. The third-order valence-electron chi connectivity index (χ3n) is 1.64. The molecule has 1 atom stereocenters. The fraction of sp³-hybridized carbons (Fsp3) is 0.375. The zero-order valence-electron chi connectivity index (χ0n) is 6.42. The Labute approximate surface area is 71.4 Å². The van der Waals surface area contributed by atoms with Crippen molar-refractivity contribution >= 4 is 11.6 Å². The van der Waals surface area contributed by atoms with Gasteiger partial charge in [0.2, 0.25) is 0 Å². The molecule has 3 heteroatoms. The number of hydrogen-bond acceptors (Lipinski definition) is 2. The summed E-state index contributed by atoms with van der Waals surface area (Å²) in [4.78, 5) is 3.95. The van der Waals surface area contributed by atoms with Gasteiger partial charge in [0.25, 0.3) is 0 Å². The molecule has 0 spiro atoms. The van der Waals surface area contributed by atoms with Gasteiger partial charge in [-0.25, -0.2) is 0 Å². The standard InChI is InChI=1S/C8H11ClN2/c1-2-8(10)6-5-11-4-3-7(6)9/h3-5,8H,2,10H2,1H3/t8-/m1/s1. The van der Waals surface area contributed by atoms with Crippen molar-refractivity contribution in [3.8, 4) is 0 Å². The van der Waals surface area contributed by atoms with Gasteiger partial charge in [0, 0.05) is 29.0 Å². The predicted octanol–water partition coefficient (Wildman–Crippen LogP) is 2.14. The van der Waals surface area contributed by atoms with Gasteiger partial charge in [0.05, 0.1) is 0 Å². The highest BCUT2D eigenvalue weighted by Gasteiger charge is 2.06. The molecule has 0 aromatic carbocycles. The van der Waals surface area contributed by atoms with Crippen LogP contribution < -0.4 is 5.73 Å². The molecule has 1 aromatic rings. The highest BCUT2D eigenvalue weighted by atomic mass is 35.5. The first-order chi connectivity index (χ1) is 5.25. The number of hydrogen-bond donors (Lipinski definition) is 1. The molecule has 0 aliphatic carbocycles. The van der Waals surface area contributed by atoms with E-state index < -0.39 is 0 Å². The lowest BCUT2D eigenvalue weighted by atomic mass is 10.1. The molecule has 0 aliphatic heterocycles. The van der Waals surface area contributed by atoms with Crippen molar-refractivity contribution in [1.82, 2.24) is 4.98 Å². The van der Waals surface area contributed by atoms with Crippen LogP contribution in [0.2, 0.25) is 5.02 Å². The summed E-state index contributed by atoms with van der Waals surface area (Å²) in [5, 5.41) is 0.703. The fourth-order valence-corrected chi connectivity index (χ4v) is 1.13. The van der Waals surface area contributed by atoms with Crippen molar-refractivity contribution in [1.29, 1.82) is 0 Å². The summed E-state index contributed by atoms with van der Waals surface area (Å²) >= 11 is 5.88. The third-order valence-corrected chi connectivity index (χ3v) is 1.98. The molecule has 0 fully saturated rings. The maximum absolute atomic E-state index is 5.88. The summed E-state index contributed by atoms with van der Waals surface area (Å²) < 4.78 is 0. The van der Waals surface area contributed by atoms with Gasteiger partial charge < -0.3 is 5.73 Å². The van der Waals surface area contributed by atoms with Crippen LogP contribution in [0, 0.1) is 0 Å². The van der Waals surface area contributed by atoms with Gasteiger partial charge >= 0.3 is 0 Å².